The van der Waals surface area contributed by atoms with E-state index in [4.69, 9.17) is 0 Å². The lowest BCUT2D eigenvalue weighted by Gasteiger charge is -1.92. The van der Waals surface area contributed by atoms with Crippen molar-refractivity contribution in [2.24, 2.45) is 0 Å². The zero-order chi connectivity index (χ0) is 6.85. The molecular formula is C6H5O2S-. The fourth-order valence-electron chi connectivity index (χ4n) is 0.550. The maximum atomic E-state index is 10.1. The van der Waals surface area contributed by atoms with Crippen molar-refractivity contribution in [2.45, 2.75) is 6.92 Å². The number of aryl methyl sites for hydroxylation is 1. The number of hydrogen-bond acceptors (Lipinski definition) is 3. The van der Waals surface area contributed by atoms with Gasteiger partial charge in [-0.2, -0.15) is 0 Å². The predicted octanol–water partition coefficient (Wildman–Crippen LogP) is 0.420. The van der Waals surface area contributed by atoms with E-state index < -0.39 is 5.97 Å². The third-order valence-electron chi connectivity index (χ3n) is 0.966. The summed E-state index contributed by atoms with van der Waals surface area (Å²) in [6.45, 7) is 1.86. The van der Waals surface area contributed by atoms with Gasteiger partial charge in [-0.05, 0) is 13.0 Å². The number of rotatable bonds is 1. The molecule has 48 valence electrons. The Morgan fingerprint density at radius 2 is 2.44 bits per heavy atom. The van der Waals surface area contributed by atoms with Crippen molar-refractivity contribution in [1.29, 1.82) is 0 Å². The van der Waals surface area contributed by atoms with Crippen LogP contribution in [0.4, 0.5) is 0 Å². The van der Waals surface area contributed by atoms with E-state index >= 15 is 0 Å². The van der Waals surface area contributed by atoms with Gasteiger partial charge in [-0.25, -0.2) is 0 Å². The molecule has 0 radical (unpaired) electrons. The first-order valence-electron chi connectivity index (χ1n) is 2.46. The van der Waals surface area contributed by atoms with E-state index in [9.17, 15) is 9.90 Å². The first-order chi connectivity index (χ1) is 4.20. The molecule has 0 fully saturated rings. The third-order valence-corrected chi connectivity index (χ3v) is 1.83. The quantitative estimate of drug-likeness (QED) is 0.568. The minimum Gasteiger partial charge on any atom is -0.545 e. The van der Waals surface area contributed by atoms with Crippen LogP contribution in [0, 0.1) is 6.92 Å². The van der Waals surface area contributed by atoms with Crippen molar-refractivity contribution < 1.29 is 9.90 Å². The fraction of sp³-hybridized carbons (Fsp3) is 0.167. The van der Waals surface area contributed by atoms with Gasteiger partial charge in [0.1, 0.15) is 0 Å². The highest BCUT2D eigenvalue weighted by Crippen LogP contribution is 2.11. The molecule has 0 unspecified atom stereocenters. The van der Waals surface area contributed by atoms with Gasteiger partial charge in [0.15, 0.2) is 0 Å². The van der Waals surface area contributed by atoms with Crippen LogP contribution in [-0.2, 0) is 0 Å². The lowest BCUT2D eigenvalue weighted by Crippen LogP contribution is -2.21. The molecule has 1 rings (SSSR count). The van der Waals surface area contributed by atoms with Gasteiger partial charge in [-0.15, -0.1) is 11.3 Å². The smallest absolute Gasteiger partial charge is 0.0723 e. The Bertz CT molecular complexity index is 227. The Hall–Kier alpha value is -0.830. The molecule has 0 saturated heterocycles. The van der Waals surface area contributed by atoms with Crippen molar-refractivity contribution in [3.63, 3.8) is 0 Å². The number of aromatic carboxylic acids is 1. The molecule has 1 aromatic rings. The van der Waals surface area contributed by atoms with Crippen molar-refractivity contribution in [2.75, 3.05) is 0 Å². The molecule has 0 atom stereocenters. The topological polar surface area (TPSA) is 40.1 Å². The Labute approximate surface area is 56.8 Å². The molecule has 0 aliphatic heterocycles. The summed E-state index contributed by atoms with van der Waals surface area (Å²) < 4.78 is 0. The number of carbonyl (C=O) groups is 1. The third kappa shape index (κ3) is 1.29. The summed E-state index contributed by atoms with van der Waals surface area (Å²) in [5, 5.41) is 11.7. The zero-order valence-electron chi connectivity index (χ0n) is 4.88. The SMILES string of the molecule is Cc1cc(C(=O)[O-])cs1. The number of hydrogen-bond donors (Lipinski definition) is 0. The van der Waals surface area contributed by atoms with Crippen LogP contribution in [0.5, 0.6) is 0 Å². The molecule has 1 heterocycles. The zero-order valence-corrected chi connectivity index (χ0v) is 5.70. The second kappa shape index (κ2) is 2.19. The molecule has 2 nitrogen and oxygen atoms in total. The number of carboxylic acid groups (broad SMARTS) is 1. The van der Waals surface area contributed by atoms with Crippen LogP contribution < -0.4 is 5.11 Å². The largest absolute Gasteiger partial charge is 0.545 e. The molecule has 0 aromatic carbocycles. The predicted molar refractivity (Wildman–Crippen MR) is 33.4 cm³/mol. The summed E-state index contributed by atoms with van der Waals surface area (Å²) in [4.78, 5) is 11.1. The first-order valence-corrected chi connectivity index (χ1v) is 3.34. The molecule has 0 amide bonds. The van der Waals surface area contributed by atoms with Gasteiger partial charge in [0, 0.05) is 15.8 Å². The minimum atomic E-state index is -1.10. The molecular weight excluding hydrogens is 136 g/mol. The lowest BCUT2D eigenvalue weighted by molar-refractivity contribution is -0.255. The Morgan fingerprint density at radius 3 is 2.67 bits per heavy atom. The second-order valence-corrected chi connectivity index (χ2v) is 2.85. The number of carbonyl (C=O) groups excluding carboxylic acids is 1. The van der Waals surface area contributed by atoms with Gasteiger partial charge in [0.05, 0.1) is 5.97 Å². The molecule has 3 heteroatoms. The van der Waals surface area contributed by atoms with Gasteiger partial charge >= 0.3 is 0 Å². The average Bonchev–Trinajstić information content (AvgIpc) is 2.14. The summed E-state index contributed by atoms with van der Waals surface area (Å²) >= 11 is 1.41. The molecule has 0 bridgehead atoms. The van der Waals surface area contributed by atoms with Crippen LogP contribution in [0.15, 0.2) is 11.4 Å². The van der Waals surface area contributed by atoms with Crippen molar-refractivity contribution >= 4 is 17.3 Å². The highest BCUT2D eigenvalue weighted by molar-refractivity contribution is 7.10. The van der Waals surface area contributed by atoms with Crippen LogP contribution in [-0.4, -0.2) is 5.97 Å². The van der Waals surface area contributed by atoms with E-state index in [1.807, 2.05) is 6.92 Å². The van der Waals surface area contributed by atoms with Crippen LogP contribution >= 0.6 is 11.3 Å². The van der Waals surface area contributed by atoms with Crippen molar-refractivity contribution in [3.8, 4) is 0 Å². The molecule has 0 N–H and O–H groups in total. The van der Waals surface area contributed by atoms with Crippen LogP contribution in [0.25, 0.3) is 0 Å². The minimum absolute atomic E-state index is 0.275. The maximum Gasteiger partial charge on any atom is 0.0723 e. The molecule has 0 aliphatic carbocycles. The van der Waals surface area contributed by atoms with Crippen molar-refractivity contribution in [1.82, 2.24) is 0 Å². The normalized spacial score (nSPS) is 9.44. The van der Waals surface area contributed by atoms with Gasteiger partial charge in [0.2, 0.25) is 0 Å². The summed E-state index contributed by atoms with van der Waals surface area (Å²) in [5.74, 6) is -1.10. The number of carboxylic acids is 1. The second-order valence-electron chi connectivity index (χ2n) is 1.73. The van der Waals surface area contributed by atoms with Crippen LogP contribution in [0.2, 0.25) is 0 Å². The molecule has 1 aromatic heterocycles. The van der Waals surface area contributed by atoms with E-state index in [0.29, 0.717) is 0 Å². The van der Waals surface area contributed by atoms with E-state index in [0.717, 1.165) is 4.88 Å². The summed E-state index contributed by atoms with van der Waals surface area (Å²) in [6.07, 6.45) is 0. The van der Waals surface area contributed by atoms with Crippen LogP contribution in [0.1, 0.15) is 15.2 Å². The summed E-state index contributed by atoms with van der Waals surface area (Å²) in [5.41, 5.74) is 0.275. The molecule has 0 saturated carbocycles. The fourth-order valence-corrected chi connectivity index (χ4v) is 1.22. The van der Waals surface area contributed by atoms with Gasteiger partial charge in [-0.1, -0.05) is 0 Å². The van der Waals surface area contributed by atoms with Crippen molar-refractivity contribution in [3.05, 3.63) is 21.9 Å². The monoisotopic (exact) mass is 141 g/mol. The molecule has 0 aliphatic rings. The Kier molecular flexibility index (Phi) is 1.53. The summed E-state index contributed by atoms with van der Waals surface area (Å²) in [7, 11) is 0. The molecule has 9 heavy (non-hydrogen) atoms. The van der Waals surface area contributed by atoms with Gasteiger partial charge in [-0.3, -0.25) is 0 Å². The standard InChI is InChI=1S/C6H6O2S/c1-4-2-5(3-9-4)6(7)8/h2-3H,1H3,(H,7,8)/p-1. The first kappa shape index (κ1) is 6.29. The lowest BCUT2D eigenvalue weighted by atomic mass is 10.3. The van der Waals surface area contributed by atoms with E-state index in [1.54, 1.807) is 11.4 Å². The highest BCUT2D eigenvalue weighted by Gasteiger charge is 1.93. The van der Waals surface area contributed by atoms with E-state index in [-0.39, 0.29) is 5.56 Å². The van der Waals surface area contributed by atoms with Gasteiger partial charge < -0.3 is 9.90 Å². The Morgan fingerprint density at radius 1 is 1.78 bits per heavy atom. The van der Waals surface area contributed by atoms with E-state index in [1.165, 1.54) is 11.3 Å². The van der Waals surface area contributed by atoms with Crippen LogP contribution in [0.3, 0.4) is 0 Å². The Balaban J connectivity index is 2.98. The average molecular weight is 141 g/mol. The van der Waals surface area contributed by atoms with E-state index in [2.05, 4.69) is 0 Å². The maximum absolute atomic E-state index is 10.1. The highest BCUT2D eigenvalue weighted by atomic mass is 32.1. The van der Waals surface area contributed by atoms with Gasteiger partial charge in [0.25, 0.3) is 0 Å². The number of thiophene rings is 1. The summed E-state index contributed by atoms with van der Waals surface area (Å²) in [6, 6.07) is 1.60. The molecule has 0 spiro atoms.